The largest absolute Gasteiger partial charge is 0.492 e. The van der Waals surface area contributed by atoms with E-state index in [-0.39, 0.29) is 11.3 Å². The van der Waals surface area contributed by atoms with Gasteiger partial charge in [0.25, 0.3) is 0 Å². The van der Waals surface area contributed by atoms with Crippen LogP contribution in [0.15, 0.2) is 45.3 Å². The fraction of sp³-hybridized carbons (Fsp3) is 0.381. The van der Waals surface area contributed by atoms with E-state index in [2.05, 4.69) is 70.1 Å². The number of nitrogens with one attached hydrogen (secondary N) is 1. The average molecular weight is 483 g/mol. The first-order valence-corrected chi connectivity index (χ1v) is 10.2. The summed E-state index contributed by atoms with van der Waals surface area (Å²) in [5, 5.41) is 2.92. The Morgan fingerprint density at radius 2 is 1.81 bits per heavy atom. The van der Waals surface area contributed by atoms with Gasteiger partial charge < -0.3 is 10.1 Å². The van der Waals surface area contributed by atoms with Crippen LogP contribution >= 0.6 is 31.9 Å². The molecule has 5 heteroatoms. The first kappa shape index (κ1) is 21.0. The fourth-order valence-corrected chi connectivity index (χ4v) is 3.52. The summed E-state index contributed by atoms with van der Waals surface area (Å²) in [6, 6.07) is 12.0. The lowest BCUT2D eigenvalue weighted by Crippen LogP contribution is -2.13. The number of hydrogen-bond donors (Lipinski definition) is 1. The SMILES string of the molecule is Cc1ccc(NC(=O)CCCOc2ccc(C(C)(C)C)cc2Br)c(Br)c1. The highest BCUT2D eigenvalue weighted by molar-refractivity contribution is 9.11. The van der Waals surface area contributed by atoms with Gasteiger partial charge in [-0.15, -0.1) is 0 Å². The number of aryl methyl sites for hydroxylation is 1. The second kappa shape index (κ2) is 9.05. The molecule has 0 aromatic heterocycles. The van der Waals surface area contributed by atoms with Gasteiger partial charge in [-0.1, -0.05) is 32.9 Å². The zero-order valence-electron chi connectivity index (χ0n) is 15.7. The van der Waals surface area contributed by atoms with E-state index in [1.54, 1.807) is 0 Å². The van der Waals surface area contributed by atoms with E-state index in [1.807, 2.05) is 31.2 Å². The summed E-state index contributed by atoms with van der Waals surface area (Å²) in [5.41, 5.74) is 3.29. The van der Waals surface area contributed by atoms with Gasteiger partial charge in [0.15, 0.2) is 0 Å². The zero-order chi connectivity index (χ0) is 19.3. The molecule has 0 saturated heterocycles. The molecule has 26 heavy (non-hydrogen) atoms. The highest BCUT2D eigenvalue weighted by Crippen LogP contribution is 2.31. The Kier molecular flexibility index (Phi) is 7.30. The summed E-state index contributed by atoms with van der Waals surface area (Å²) in [6.07, 6.45) is 1.07. The fourth-order valence-electron chi connectivity index (χ4n) is 2.43. The normalized spacial score (nSPS) is 11.3. The molecule has 0 aliphatic carbocycles. The number of ether oxygens (including phenoxy) is 1. The number of amides is 1. The van der Waals surface area contributed by atoms with Crippen LogP contribution in [0.1, 0.15) is 44.7 Å². The van der Waals surface area contributed by atoms with Gasteiger partial charge in [-0.25, -0.2) is 0 Å². The summed E-state index contributed by atoms with van der Waals surface area (Å²) in [6.45, 7) is 9.05. The molecule has 0 fully saturated rings. The van der Waals surface area contributed by atoms with Crippen LogP contribution < -0.4 is 10.1 Å². The molecule has 0 aliphatic rings. The molecule has 1 N–H and O–H groups in total. The van der Waals surface area contributed by atoms with Crippen molar-refractivity contribution in [1.82, 2.24) is 0 Å². The first-order valence-electron chi connectivity index (χ1n) is 8.65. The van der Waals surface area contributed by atoms with Crippen molar-refractivity contribution in [2.45, 2.75) is 46.0 Å². The van der Waals surface area contributed by atoms with Crippen molar-refractivity contribution >= 4 is 43.5 Å². The molecule has 0 atom stereocenters. The van der Waals surface area contributed by atoms with E-state index in [0.29, 0.717) is 19.4 Å². The summed E-state index contributed by atoms with van der Waals surface area (Å²) in [5.74, 6) is 0.792. The molecule has 1 amide bonds. The van der Waals surface area contributed by atoms with Crippen LogP contribution in [-0.2, 0) is 10.2 Å². The predicted octanol–water partition coefficient (Wildman–Crippen LogP) is 6.62. The maximum atomic E-state index is 12.1. The number of hydrogen-bond acceptors (Lipinski definition) is 2. The van der Waals surface area contributed by atoms with Crippen LogP contribution in [0.4, 0.5) is 5.69 Å². The van der Waals surface area contributed by atoms with Gasteiger partial charge in [-0.2, -0.15) is 0 Å². The summed E-state index contributed by atoms with van der Waals surface area (Å²) in [7, 11) is 0. The number of carbonyl (C=O) groups is 1. The zero-order valence-corrected chi connectivity index (χ0v) is 18.8. The molecular formula is C21H25Br2NO2. The lowest BCUT2D eigenvalue weighted by Gasteiger charge is -2.20. The quantitative estimate of drug-likeness (QED) is 0.470. The van der Waals surface area contributed by atoms with Crippen LogP contribution in [0, 0.1) is 6.92 Å². The van der Waals surface area contributed by atoms with Gasteiger partial charge in [-0.05, 0) is 86.0 Å². The highest BCUT2D eigenvalue weighted by Gasteiger charge is 2.15. The van der Waals surface area contributed by atoms with Crippen molar-refractivity contribution in [1.29, 1.82) is 0 Å². The molecule has 0 bridgehead atoms. The molecule has 0 saturated carbocycles. The van der Waals surface area contributed by atoms with Crippen LogP contribution in [0.5, 0.6) is 5.75 Å². The molecule has 0 unspecified atom stereocenters. The van der Waals surface area contributed by atoms with Crippen molar-refractivity contribution in [3.63, 3.8) is 0 Å². The summed E-state index contributed by atoms with van der Waals surface area (Å²) >= 11 is 7.04. The van der Waals surface area contributed by atoms with Gasteiger partial charge in [0.05, 0.1) is 16.8 Å². The topological polar surface area (TPSA) is 38.3 Å². The Morgan fingerprint density at radius 3 is 2.42 bits per heavy atom. The van der Waals surface area contributed by atoms with E-state index < -0.39 is 0 Å². The van der Waals surface area contributed by atoms with Gasteiger partial charge in [0.1, 0.15) is 5.75 Å². The number of benzene rings is 2. The van der Waals surface area contributed by atoms with Gasteiger partial charge in [0, 0.05) is 10.9 Å². The third-order valence-electron chi connectivity index (χ3n) is 4.00. The van der Waals surface area contributed by atoms with E-state index in [9.17, 15) is 4.79 Å². The van der Waals surface area contributed by atoms with Crippen LogP contribution in [0.25, 0.3) is 0 Å². The summed E-state index contributed by atoms with van der Waals surface area (Å²) in [4.78, 5) is 12.1. The lowest BCUT2D eigenvalue weighted by atomic mass is 9.87. The monoisotopic (exact) mass is 481 g/mol. The Morgan fingerprint density at radius 1 is 1.08 bits per heavy atom. The second-order valence-corrected chi connectivity index (χ2v) is 9.09. The molecule has 2 aromatic carbocycles. The summed E-state index contributed by atoms with van der Waals surface area (Å²) < 4.78 is 7.64. The number of anilines is 1. The molecule has 140 valence electrons. The molecular weight excluding hydrogens is 458 g/mol. The molecule has 0 heterocycles. The maximum absolute atomic E-state index is 12.1. The lowest BCUT2D eigenvalue weighted by molar-refractivity contribution is -0.116. The van der Waals surface area contributed by atoms with Crippen molar-refractivity contribution in [3.05, 3.63) is 56.5 Å². The van der Waals surface area contributed by atoms with E-state index in [4.69, 9.17) is 4.74 Å². The van der Waals surface area contributed by atoms with E-state index in [0.717, 1.165) is 25.9 Å². The number of carbonyl (C=O) groups excluding carboxylic acids is 1. The third kappa shape index (κ3) is 6.13. The molecule has 0 radical (unpaired) electrons. The van der Waals surface area contributed by atoms with Crippen LogP contribution in [0.2, 0.25) is 0 Å². The van der Waals surface area contributed by atoms with Crippen LogP contribution in [-0.4, -0.2) is 12.5 Å². The molecule has 3 nitrogen and oxygen atoms in total. The van der Waals surface area contributed by atoms with Crippen molar-refractivity contribution < 1.29 is 9.53 Å². The van der Waals surface area contributed by atoms with E-state index >= 15 is 0 Å². The minimum Gasteiger partial charge on any atom is -0.492 e. The predicted molar refractivity (Wildman–Crippen MR) is 115 cm³/mol. The first-order chi connectivity index (χ1) is 12.2. The molecule has 0 aliphatic heterocycles. The Balaban J connectivity index is 1.80. The second-order valence-electron chi connectivity index (χ2n) is 7.38. The highest BCUT2D eigenvalue weighted by atomic mass is 79.9. The van der Waals surface area contributed by atoms with Gasteiger partial charge in [0.2, 0.25) is 5.91 Å². The number of rotatable bonds is 6. The van der Waals surface area contributed by atoms with Crippen molar-refractivity contribution in [3.8, 4) is 5.75 Å². The van der Waals surface area contributed by atoms with Crippen molar-refractivity contribution in [2.75, 3.05) is 11.9 Å². The minimum absolute atomic E-state index is 0.0136. The number of halogens is 2. The Bertz CT molecular complexity index is 782. The van der Waals surface area contributed by atoms with E-state index in [1.165, 1.54) is 5.56 Å². The molecule has 2 rings (SSSR count). The molecule has 0 spiro atoms. The van der Waals surface area contributed by atoms with Gasteiger partial charge >= 0.3 is 0 Å². The Labute approximate surface area is 172 Å². The standard InChI is InChI=1S/C21H25Br2NO2/c1-14-7-9-18(16(22)12-14)24-20(25)6-5-11-26-19-10-8-15(13-17(19)23)21(2,3)4/h7-10,12-13H,5-6,11H2,1-4H3,(H,24,25). The average Bonchev–Trinajstić information content (AvgIpc) is 2.54. The van der Waals surface area contributed by atoms with Crippen LogP contribution in [0.3, 0.4) is 0 Å². The minimum atomic E-state index is -0.0136. The van der Waals surface area contributed by atoms with Gasteiger partial charge in [-0.3, -0.25) is 4.79 Å². The molecule has 2 aromatic rings. The Hall–Kier alpha value is -1.33. The smallest absolute Gasteiger partial charge is 0.224 e. The van der Waals surface area contributed by atoms with Crippen molar-refractivity contribution in [2.24, 2.45) is 0 Å². The third-order valence-corrected chi connectivity index (χ3v) is 5.28. The maximum Gasteiger partial charge on any atom is 0.224 e.